The number of aromatic nitrogens is 4. The Bertz CT molecular complexity index is 1200. The molecule has 1 aromatic carbocycles. The van der Waals surface area contributed by atoms with Crippen molar-refractivity contribution in [2.24, 2.45) is 7.05 Å². The van der Waals surface area contributed by atoms with Gasteiger partial charge in [0.15, 0.2) is 0 Å². The number of rotatable bonds is 4. The molecule has 0 saturated carbocycles. The van der Waals surface area contributed by atoms with Crippen molar-refractivity contribution >= 4 is 33.2 Å². The fourth-order valence-electron chi connectivity index (χ4n) is 3.81. The van der Waals surface area contributed by atoms with Crippen LogP contribution in [-0.4, -0.2) is 19.3 Å². The van der Waals surface area contributed by atoms with Gasteiger partial charge < -0.3 is 5.32 Å². The van der Waals surface area contributed by atoms with Gasteiger partial charge >= 0.3 is 0 Å². The Balaban J connectivity index is 1.46. The normalized spacial score (nSPS) is 13.6. The summed E-state index contributed by atoms with van der Waals surface area (Å²) in [5.41, 5.74) is 3.26. The molecule has 6 nitrogen and oxygen atoms in total. The van der Waals surface area contributed by atoms with Crippen molar-refractivity contribution in [3.8, 4) is 0 Å². The van der Waals surface area contributed by atoms with Gasteiger partial charge in [-0.3, -0.25) is 14.0 Å². The number of aryl methyl sites for hydroxylation is 2. The minimum Gasteiger partial charge on any atom is -0.323 e. The van der Waals surface area contributed by atoms with E-state index in [9.17, 15) is 4.79 Å². The van der Waals surface area contributed by atoms with Gasteiger partial charge in [-0.2, -0.15) is 5.10 Å². The first-order valence-corrected chi connectivity index (χ1v) is 10.4. The average Bonchev–Trinajstić information content (AvgIpc) is 3.30. The molecule has 0 amide bonds. The van der Waals surface area contributed by atoms with E-state index < -0.39 is 0 Å². The summed E-state index contributed by atoms with van der Waals surface area (Å²) in [4.78, 5) is 19.9. The van der Waals surface area contributed by atoms with Gasteiger partial charge in [0.25, 0.3) is 5.56 Å². The number of thiophene rings is 1. The molecule has 0 atom stereocenters. The predicted octanol–water partition coefficient (Wildman–Crippen LogP) is 3.86. The van der Waals surface area contributed by atoms with Gasteiger partial charge in [-0.25, -0.2) is 4.98 Å². The van der Waals surface area contributed by atoms with Crippen molar-refractivity contribution in [1.82, 2.24) is 19.3 Å². The SMILES string of the molecule is Cn1c(Nc2cnn(Cc3ccccc3)c2)nc2sc3c(c2c1=O)CCCC3. The quantitative estimate of drug-likeness (QED) is 0.574. The summed E-state index contributed by atoms with van der Waals surface area (Å²) < 4.78 is 3.48. The molecule has 0 saturated heterocycles. The molecule has 142 valence electrons. The molecular weight excluding hydrogens is 370 g/mol. The van der Waals surface area contributed by atoms with E-state index in [1.807, 2.05) is 29.1 Å². The van der Waals surface area contributed by atoms with Crippen LogP contribution in [0.2, 0.25) is 0 Å². The molecule has 1 aliphatic rings. The Labute approximate surface area is 166 Å². The van der Waals surface area contributed by atoms with Gasteiger partial charge in [0, 0.05) is 18.1 Å². The molecule has 0 spiro atoms. The lowest BCUT2D eigenvalue weighted by molar-refractivity contribution is 0.687. The zero-order valence-electron chi connectivity index (χ0n) is 15.7. The Morgan fingerprint density at radius 3 is 2.86 bits per heavy atom. The van der Waals surface area contributed by atoms with Crippen LogP contribution in [0.5, 0.6) is 0 Å². The number of hydrogen-bond donors (Lipinski definition) is 1. The fraction of sp³-hybridized carbons (Fsp3) is 0.286. The first kappa shape index (κ1) is 17.2. The summed E-state index contributed by atoms with van der Waals surface area (Å²) in [6.45, 7) is 0.700. The molecule has 1 aliphatic carbocycles. The fourth-order valence-corrected chi connectivity index (χ4v) is 5.06. The summed E-state index contributed by atoms with van der Waals surface area (Å²) in [6, 6.07) is 10.2. The van der Waals surface area contributed by atoms with E-state index in [2.05, 4.69) is 22.5 Å². The lowest BCUT2D eigenvalue weighted by Gasteiger charge is -2.11. The third kappa shape index (κ3) is 3.01. The number of benzene rings is 1. The second-order valence-electron chi connectivity index (χ2n) is 7.23. The molecular formula is C21H21N5OS. The number of hydrogen-bond acceptors (Lipinski definition) is 5. The lowest BCUT2D eigenvalue weighted by Crippen LogP contribution is -2.21. The van der Waals surface area contributed by atoms with Gasteiger partial charge in [0.1, 0.15) is 4.83 Å². The monoisotopic (exact) mass is 391 g/mol. The largest absolute Gasteiger partial charge is 0.323 e. The molecule has 3 heterocycles. The molecule has 3 aromatic heterocycles. The smallest absolute Gasteiger partial charge is 0.263 e. The van der Waals surface area contributed by atoms with Crippen LogP contribution in [0.1, 0.15) is 28.8 Å². The minimum atomic E-state index is 0.0311. The molecule has 0 aliphatic heterocycles. The maximum Gasteiger partial charge on any atom is 0.263 e. The first-order valence-electron chi connectivity index (χ1n) is 9.54. The van der Waals surface area contributed by atoms with Crippen LogP contribution in [-0.2, 0) is 26.4 Å². The van der Waals surface area contributed by atoms with Crippen molar-refractivity contribution in [3.05, 3.63) is 69.1 Å². The van der Waals surface area contributed by atoms with Gasteiger partial charge in [-0.15, -0.1) is 11.3 Å². The zero-order valence-corrected chi connectivity index (χ0v) is 16.5. The predicted molar refractivity (Wildman–Crippen MR) is 113 cm³/mol. The van der Waals surface area contributed by atoms with E-state index in [1.54, 1.807) is 29.1 Å². The zero-order chi connectivity index (χ0) is 19.1. The number of nitrogens with one attached hydrogen (secondary N) is 1. The second kappa shape index (κ2) is 6.91. The van der Waals surface area contributed by atoms with E-state index in [0.717, 1.165) is 35.2 Å². The minimum absolute atomic E-state index is 0.0311. The Morgan fingerprint density at radius 1 is 1.18 bits per heavy atom. The number of fused-ring (bicyclic) bond motifs is 3. The molecule has 5 rings (SSSR count). The standard InChI is InChI=1S/C21H21N5OS/c1-25-20(27)18-16-9-5-6-10-17(16)28-19(18)24-21(25)23-15-11-22-26(13-15)12-14-7-3-2-4-8-14/h2-4,7-8,11,13H,5-6,9-10,12H2,1H3,(H,23,24). The van der Waals surface area contributed by atoms with Crippen molar-refractivity contribution in [3.63, 3.8) is 0 Å². The second-order valence-corrected chi connectivity index (χ2v) is 8.31. The van der Waals surface area contributed by atoms with Crippen molar-refractivity contribution in [2.75, 3.05) is 5.32 Å². The third-order valence-electron chi connectivity index (χ3n) is 5.27. The summed E-state index contributed by atoms with van der Waals surface area (Å²) >= 11 is 1.67. The van der Waals surface area contributed by atoms with E-state index in [0.29, 0.717) is 12.5 Å². The van der Waals surface area contributed by atoms with Crippen LogP contribution >= 0.6 is 11.3 Å². The van der Waals surface area contributed by atoms with E-state index >= 15 is 0 Å². The van der Waals surface area contributed by atoms with Crippen LogP contribution < -0.4 is 10.9 Å². The topological polar surface area (TPSA) is 64.7 Å². The van der Waals surface area contributed by atoms with Crippen LogP contribution in [0.3, 0.4) is 0 Å². The van der Waals surface area contributed by atoms with Crippen LogP contribution in [0.15, 0.2) is 47.5 Å². The molecule has 0 bridgehead atoms. The molecule has 7 heteroatoms. The summed E-state index contributed by atoms with van der Waals surface area (Å²) in [5, 5.41) is 8.50. The lowest BCUT2D eigenvalue weighted by atomic mass is 9.97. The van der Waals surface area contributed by atoms with Gasteiger partial charge in [0.05, 0.1) is 23.8 Å². The highest BCUT2D eigenvalue weighted by Crippen LogP contribution is 2.34. The number of anilines is 2. The summed E-state index contributed by atoms with van der Waals surface area (Å²) in [7, 11) is 1.78. The molecule has 28 heavy (non-hydrogen) atoms. The van der Waals surface area contributed by atoms with Gasteiger partial charge in [-0.05, 0) is 36.8 Å². The maximum atomic E-state index is 13.0. The molecule has 4 aromatic rings. The highest BCUT2D eigenvalue weighted by Gasteiger charge is 2.21. The van der Waals surface area contributed by atoms with Crippen molar-refractivity contribution in [1.29, 1.82) is 0 Å². The molecule has 0 unspecified atom stereocenters. The Morgan fingerprint density at radius 2 is 2.00 bits per heavy atom. The van der Waals surface area contributed by atoms with E-state index in [1.165, 1.54) is 22.4 Å². The van der Waals surface area contributed by atoms with Crippen LogP contribution in [0, 0.1) is 0 Å². The first-order chi connectivity index (χ1) is 13.7. The Hall–Kier alpha value is -2.93. The van der Waals surface area contributed by atoms with Gasteiger partial charge in [-0.1, -0.05) is 30.3 Å². The van der Waals surface area contributed by atoms with Crippen molar-refractivity contribution in [2.45, 2.75) is 32.2 Å². The summed E-state index contributed by atoms with van der Waals surface area (Å²) in [6.07, 6.45) is 8.11. The van der Waals surface area contributed by atoms with Crippen molar-refractivity contribution < 1.29 is 0 Å². The number of nitrogens with zero attached hydrogens (tertiary/aromatic N) is 4. The summed E-state index contributed by atoms with van der Waals surface area (Å²) in [5.74, 6) is 0.551. The van der Waals surface area contributed by atoms with E-state index in [-0.39, 0.29) is 5.56 Å². The molecule has 0 fully saturated rings. The maximum absolute atomic E-state index is 13.0. The van der Waals surface area contributed by atoms with Crippen LogP contribution in [0.25, 0.3) is 10.2 Å². The van der Waals surface area contributed by atoms with Gasteiger partial charge in [0.2, 0.25) is 5.95 Å². The molecule has 1 N–H and O–H groups in total. The van der Waals surface area contributed by atoms with E-state index in [4.69, 9.17) is 4.98 Å². The average molecular weight is 392 g/mol. The highest BCUT2D eigenvalue weighted by molar-refractivity contribution is 7.18. The highest BCUT2D eigenvalue weighted by atomic mass is 32.1. The third-order valence-corrected chi connectivity index (χ3v) is 6.46. The van der Waals surface area contributed by atoms with Crippen LogP contribution in [0.4, 0.5) is 11.6 Å². The molecule has 0 radical (unpaired) electrons. The Kier molecular flexibility index (Phi) is 4.24.